The second-order valence-corrected chi connectivity index (χ2v) is 2.67. The maximum absolute atomic E-state index is 13.2. The van der Waals surface area contributed by atoms with Gasteiger partial charge in [0.2, 0.25) is 0 Å². The Kier molecular flexibility index (Phi) is 1.30. The van der Waals surface area contributed by atoms with Crippen molar-refractivity contribution in [3.8, 4) is 0 Å². The fourth-order valence-corrected chi connectivity index (χ4v) is 1.21. The van der Waals surface area contributed by atoms with Gasteiger partial charge in [-0.15, -0.1) is 0 Å². The first-order valence-electron chi connectivity index (χ1n) is 3.56. The molecule has 0 spiro atoms. The van der Waals surface area contributed by atoms with Crippen LogP contribution in [0.25, 0.3) is 10.9 Å². The van der Waals surface area contributed by atoms with Gasteiger partial charge in [-0.2, -0.15) is 5.10 Å². The van der Waals surface area contributed by atoms with Gasteiger partial charge in [0.05, 0.1) is 22.8 Å². The van der Waals surface area contributed by atoms with Crippen molar-refractivity contribution in [3.05, 3.63) is 24.1 Å². The Labute approximate surface area is 68.6 Å². The van der Waals surface area contributed by atoms with Gasteiger partial charge in [-0.1, -0.05) is 0 Å². The van der Waals surface area contributed by atoms with E-state index in [4.69, 9.17) is 5.73 Å². The van der Waals surface area contributed by atoms with Crippen LogP contribution in [0.4, 0.5) is 10.1 Å². The number of rotatable bonds is 0. The predicted octanol–water partition coefficient (Wildman–Crippen LogP) is 1.29. The number of halogens is 1. The molecule has 0 aliphatic rings. The summed E-state index contributed by atoms with van der Waals surface area (Å²) in [5.74, 6) is -0.388. The molecule has 0 saturated heterocycles. The second kappa shape index (κ2) is 2.20. The number of fused-ring (bicyclic) bond motifs is 1. The van der Waals surface area contributed by atoms with Gasteiger partial charge in [-0.3, -0.25) is 4.68 Å². The first kappa shape index (κ1) is 7.09. The van der Waals surface area contributed by atoms with Crippen molar-refractivity contribution in [1.29, 1.82) is 0 Å². The highest BCUT2D eigenvalue weighted by Crippen LogP contribution is 2.21. The van der Waals surface area contributed by atoms with Crippen molar-refractivity contribution in [2.24, 2.45) is 7.05 Å². The standard InChI is InChI=1S/C8H8FN3/c1-12-7-3-2-6(10)8(9)5(7)4-11-12/h2-4H,10H2,1H3. The molecular weight excluding hydrogens is 157 g/mol. The van der Waals surface area contributed by atoms with Crippen LogP contribution in [0.5, 0.6) is 0 Å². The van der Waals surface area contributed by atoms with Gasteiger partial charge in [-0.05, 0) is 12.1 Å². The van der Waals surface area contributed by atoms with Crippen LogP contribution in [0.1, 0.15) is 0 Å². The number of nitrogens with two attached hydrogens (primary N) is 1. The maximum atomic E-state index is 13.2. The smallest absolute Gasteiger partial charge is 0.157 e. The summed E-state index contributed by atoms with van der Waals surface area (Å²) in [5, 5.41) is 4.39. The molecule has 2 N–H and O–H groups in total. The summed E-state index contributed by atoms with van der Waals surface area (Å²) in [6.07, 6.45) is 1.47. The molecular formula is C8H8FN3. The molecule has 2 aromatic rings. The highest BCUT2D eigenvalue weighted by molar-refractivity contribution is 5.82. The van der Waals surface area contributed by atoms with E-state index in [1.54, 1.807) is 23.9 Å². The van der Waals surface area contributed by atoms with Crippen LogP contribution in [-0.2, 0) is 7.05 Å². The molecule has 62 valence electrons. The Balaban J connectivity index is 2.93. The summed E-state index contributed by atoms with van der Waals surface area (Å²) < 4.78 is 14.8. The third-order valence-corrected chi connectivity index (χ3v) is 1.90. The fourth-order valence-electron chi connectivity index (χ4n) is 1.21. The number of hydrogen-bond donors (Lipinski definition) is 1. The summed E-state index contributed by atoms with van der Waals surface area (Å²) in [6, 6.07) is 3.29. The minimum Gasteiger partial charge on any atom is -0.396 e. The fraction of sp³-hybridized carbons (Fsp3) is 0.125. The Morgan fingerprint density at radius 1 is 1.50 bits per heavy atom. The lowest BCUT2D eigenvalue weighted by atomic mass is 10.2. The quantitative estimate of drug-likeness (QED) is 0.598. The average Bonchev–Trinajstić information content (AvgIpc) is 2.41. The van der Waals surface area contributed by atoms with E-state index in [1.807, 2.05) is 0 Å². The van der Waals surface area contributed by atoms with E-state index >= 15 is 0 Å². The van der Waals surface area contributed by atoms with Crippen molar-refractivity contribution in [2.75, 3.05) is 5.73 Å². The molecule has 1 aromatic heterocycles. The normalized spacial score (nSPS) is 10.8. The van der Waals surface area contributed by atoms with Crippen LogP contribution in [0.2, 0.25) is 0 Å². The van der Waals surface area contributed by atoms with Gasteiger partial charge in [0.15, 0.2) is 5.82 Å². The van der Waals surface area contributed by atoms with Gasteiger partial charge >= 0.3 is 0 Å². The number of aromatic nitrogens is 2. The van der Waals surface area contributed by atoms with E-state index in [-0.39, 0.29) is 11.5 Å². The summed E-state index contributed by atoms with van der Waals surface area (Å²) in [6.45, 7) is 0. The number of anilines is 1. The largest absolute Gasteiger partial charge is 0.396 e. The monoisotopic (exact) mass is 165 g/mol. The number of hydrogen-bond acceptors (Lipinski definition) is 2. The molecule has 3 nitrogen and oxygen atoms in total. The zero-order valence-corrected chi connectivity index (χ0v) is 6.58. The molecule has 1 aromatic carbocycles. The van der Waals surface area contributed by atoms with Crippen molar-refractivity contribution < 1.29 is 4.39 Å². The molecule has 0 radical (unpaired) electrons. The summed E-state index contributed by atoms with van der Waals surface area (Å²) in [4.78, 5) is 0. The van der Waals surface area contributed by atoms with Gasteiger partial charge in [0, 0.05) is 7.05 Å². The molecule has 12 heavy (non-hydrogen) atoms. The lowest BCUT2D eigenvalue weighted by Gasteiger charge is -1.97. The average molecular weight is 165 g/mol. The molecule has 0 fully saturated rings. The van der Waals surface area contributed by atoms with E-state index in [1.165, 1.54) is 6.20 Å². The van der Waals surface area contributed by atoms with E-state index in [0.29, 0.717) is 5.39 Å². The first-order chi connectivity index (χ1) is 5.70. The molecule has 4 heteroatoms. The molecule has 0 aliphatic carbocycles. The number of nitrogen functional groups attached to an aromatic ring is 1. The van der Waals surface area contributed by atoms with Crippen LogP contribution in [-0.4, -0.2) is 9.78 Å². The molecule has 0 aliphatic heterocycles. The lowest BCUT2D eigenvalue weighted by Crippen LogP contribution is -1.92. The highest BCUT2D eigenvalue weighted by atomic mass is 19.1. The van der Waals surface area contributed by atoms with Crippen LogP contribution >= 0.6 is 0 Å². The number of nitrogens with zero attached hydrogens (tertiary/aromatic N) is 2. The minimum atomic E-state index is -0.388. The van der Waals surface area contributed by atoms with Crippen molar-refractivity contribution in [3.63, 3.8) is 0 Å². The lowest BCUT2D eigenvalue weighted by molar-refractivity contribution is 0.644. The summed E-state index contributed by atoms with van der Waals surface area (Å²) in [7, 11) is 1.76. The molecule has 0 saturated carbocycles. The van der Waals surface area contributed by atoms with Gasteiger partial charge in [-0.25, -0.2) is 4.39 Å². The SMILES string of the molecule is Cn1ncc2c(F)c(N)ccc21. The summed E-state index contributed by atoms with van der Waals surface area (Å²) in [5.41, 5.74) is 6.30. The van der Waals surface area contributed by atoms with E-state index in [0.717, 1.165) is 5.52 Å². The second-order valence-electron chi connectivity index (χ2n) is 2.67. The minimum absolute atomic E-state index is 0.163. The third kappa shape index (κ3) is 0.777. The first-order valence-corrected chi connectivity index (χ1v) is 3.56. The molecule has 0 amide bonds. The summed E-state index contributed by atoms with van der Waals surface area (Å²) >= 11 is 0. The van der Waals surface area contributed by atoms with Crippen molar-refractivity contribution >= 4 is 16.6 Å². The van der Waals surface area contributed by atoms with E-state index < -0.39 is 0 Å². The van der Waals surface area contributed by atoms with Crippen LogP contribution in [0.15, 0.2) is 18.3 Å². The predicted molar refractivity (Wildman–Crippen MR) is 45.1 cm³/mol. The van der Waals surface area contributed by atoms with Gasteiger partial charge in [0.25, 0.3) is 0 Å². The molecule has 1 heterocycles. The van der Waals surface area contributed by atoms with Crippen LogP contribution < -0.4 is 5.73 Å². The highest BCUT2D eigenvalue weighted by Gasteiger charge is 2.06. The van der Waals surface area contributed by atoms with E-state index in [2.05, 4.69) is 5.10 Å². The number of aryl methyl sites for hydroxylation is 1. The van der Waals surface area contributed by atoms with Crippen LogP contribution in [0, 0.1) is 5.82 Å². The Bertz CT molecular complexity index is 433. The zero-order valence-electron chi connectivity index (χ0n) is 6.58. The Morgan fingerprint density at radius 3 is 3.00 bits per heavy atom. The van der Waals surface area contributed by atoms with Crippen LogP contribution in [0.3, 0.4) is 0 Å². The molecule has 0 atom stereocenters. The maximum Gasteiger partial charge on any atom is 0.157 e. The Hall–Kier alpha value is -1.58. The van der Waals surface area contributed by atoms with Crippen molar-refractivity contribution in [2.45, 2.75) is 0 Å². The molecule has 0 unspecified atom stereocenters. The Morgan fingerprint density at radius 2 is 2.25 bits per heavy atom. The molecule has 0 bridgehead atoms. The zero-order chi connectivity index (χ0) is 8.72. The van der Waals surface area contributed by atoms with E-state index in [9.17, 15) is 4.39 Å². The van der Waals surface area contributed by atoms with Gasteiger partial charge in [0.1, 0.15) is 0 Å². The number of benzene rings is 1. The molecule has 2 rings (SSSR count). The van der Waals surface area contributed by atoms with Gasteiger partial charge < -0.3 is 5.73 Å². The van der Waals surface area contributed by atoms with Crippen molar-refractivity contribution in [1.82, 2.24) is 9.78 Å². The third-order valence-electron chi connectivity index (χ3n) is 1.90. The topological polar surface area (TPSA) is 43.8 Å².